The van der Waals surface area contributed by atoms with E-state index in [1.807, 2.05) is 23.9 Å². The molecule has 1 heterocycles. The van der Waals surface area contributed by atoms with Crippen molar-refractivity contribution in [1.82, 2.24) is 9.78 Å². The van der Waals surface area contributed by atoms with Crippen molar-refractivity contribution in [3.05, 3.63) is 18.0 Å². The first-order valence-corrected chi connectivity index (χ1v) is 4.29. The molecule has 0 aliphatic carbocycles. The maximum atomic E-state index is 10.8. The largest absolute Gasteiger partial charge is 0.469 e. The van der Waals surface area contributed by atoms with E-state index in [0.717, 1.165) is 18.7 Å². The van der Waals surface area contributed by atoms with Crippen molar-refractivity contribution in [3.63, 3.8) is 0 Å². The van der Waals surface area contributed by atoms with E-state index in [9.17, 15) is 4.79 Å². The average molecular weight is 182 g/mol. The van der Waals surface area contributed by atoms with Gasteiger partial charge in [0.15, 0.2) is 0 Å². The summed E-state index contributed by atoms with van der Waals surface area (Å²) in [6, 6.07) is 1.94. The first-order chi connectivity index (χ1) is 6.22. The molecule has 13 heavy (non-hydrogen) atoms. The molecule has 0 spiro atoms. The van der Waals surface area contributed by atoms with Crippen molar-refractivity contribution >= 4 is 5.97 Å². The van der Waals surface area contributed by atoms with Gasteiger partial charge in [0.25, 0.3) is 0 Å². The number of aryl methyl sites for hydroxylation is 2. The predicted octanol–water partition coefficient (Wildman–Crippen LogP) is 1.14. The summed E-state index contributed by atoms with van der Waals surface area (Å²) in [4.78, 5) is 10.8. The number of nitrogens with zero attached hydrogens (tertiary/aromatic N) is 2. The van der Waals surface area contributed by atoms with Gasteiger partial charge in [0.2, 0.25) is 0 Å². The Morgan fingerprint density at radius 2 is 2.46 bits per heavy atom. The number of esters is 1. The molecule has 0 fully saturated rings. The molecule has 0 aliphatic heterocycles. The Morgan fingerprint density at radius 1 is 1.69 bits per heavy atom. The number of ether oxygens (including phenoxy) is 1. The third kappa shape index (κ3) is 3.27. The topological polar surface area (TPSA) is 44.1 Å². The van der Waals surface area contributed by atoms with Crippen molar-refractivity contribution in [3.8, 4) is 0 Å². The van der Waals surface area contributed by atoms with Gasteiger partial charge in [-0.1, -0.05) is 0 Å². The minimum atomic E-state index is -0.163. The number of rotatable bonds is 4. The number of aromatic nitrogens is 2. The number of hydrogen-bond acceptors (Lipinski definition) is 3. The Labute approximate surface area is 77.5 Å². The molecule has 0 radical (unpaired) electrons. The Bertz CT molecular complexity index is 281. The SMILES string of the molecule is COC(=O)CCCn1ccc(C)n1. The van der Waals surface area contributed by atoms with Crippen LogP contribution < -0.4 is 0 Å². The zero-order valence-corrected chi connectivity index (χ0v) is 7.99. The molecular weight excluding hydrogens is 168 g/mol. The maximum Gasteiger partial charge on any atom is 0.305 e. The van der Waals surface area contributed by atoms with E-state index in [1.165, 1.54) is 7.11 Å². The van der Waals surface area contributed by atoms with Crippen LogP contribution in [0.4, 0.5) is 0 Å². The molecule has 0 atom stereocenters. The van der Waals surface area contributed by atoms with Crippen LogP contribution in [0.3, 0.4) is 0 Å². The number of hydrogen-bond donors (Lipinski definition) is 0. The van der Waals surface area contributed by atoms with Crippen LogP contribution in [-0.4, -0.2) is 22.9 Å². The molecule has 1 aromatic rings. The van der Waals surface area contributed by atoms with E-state index in [-0.39, 0.29) is 5.97 Å². The summed E-state index contributed by atoms with van der Waals surface area (Å²) in [6.45, 7) is 2.71. The summed E-state index contributed by atoms with van der Waals surface area (Å²) in [6.07, 6.45) is 3.13. The monoisotopic (exact) mass is 182 g/mol. The standard InChI is InChI=1S/C9H14N2O2/c1-8-5-7-11(10-8)6-3-4-9(12)13-2/h5,7H,3-4,6H2,1-2H3. The second-order valence-corrected chi connectivity index (χ2v) is 2.90. The van der Waals surface area contributed by atoms with Crippen molar-refractivity contribution < 1.29 is 9.53 Å². The number of carbonyl (C=O) groups excluding carboxylic acids is 1. The molecule has 4 nitrogen and oxygen atoms in total. The van der Waals surface area contributed by atoms with Crippen molar-refractivity contribution in [2.75, 3.05) is 7.11 Å². The minimum Gasteiger partial charge on any atom is -0.469 e. The molecule has 4 heteroatoms. The predicted molar refractivity (Wildman–Crippen MR) is 48.2 cm³/mol. The van der Waals surface area contributed by atoms with Gasteiger partial charge in [-0.3, -0.25) is 9.48 Å². The minimum absolute atomic E-state index is 0.163. The van der Waals surface area contributed by atoms with Crippen LogP contribution in [0.5, 0.6) is 0 Å². The number of carbonyl (C=O) groups is 1. The van der Waals surface area contributed by atoms with Gasteiger partial charge in [-0.15, -0.1) is 0 Å². The van der Waals surface area contributed by atoms with Gasteiger partial charge < -0.3 is 4.74 Å². The molecule has 1 aromatic heterocycles. The smallest absolute Gasteiger partial charge is 0.305 e. The van der Waals surface area contributed by atoms with E-state index in [4.69, 9.17) is 0 Å². The molecule has 0 saturated carbocycles. The zero-order valence-electron chi connectivity index (χ0n) is 7.99. The average Bonchev–Trinajstić information content (AvgIpc) is 2.51. The second kappa shape index (κ2) is 4.64. The fourth-order valence-electron chi connectivity index (χ4n) is 1.08. The maximum absolute atomic E-state index is 10.8. The summed E-state index contributed by atoms with van der Waals surface area (Å²) < 4.78 is 6.36. The molecule has 0 bridgehead atoms. The summed E-state index contributed by atoms with van der Waals surface area (Å²) in [7, 11) is 1.40. The van der Waals surface area contributed by atoms with Crippen molar-refractivity contribution in [2.24, 2.45) is 0 Å². The fraction of sp³-hybridized carbons (Fsp3) is 0.556. The Kier molecular flexibility index (Phi) is 3.49. The number of methoxy groups -OCH3 is 1. The zero-order chi connectivity index (χ0) is 9.68. The summed E-state index contributed by atoms with van der Waals surface area (Å²) in [5, 5.41) is 4.20. The highest BCUT2D eigenvalue weighted by molar-refractivity contribution is 5.68. The molecular formula is C9H14N2O2. The van der Waals surface area contributed by atoms with Crippen LogP contribution in [0.25, 0.3) is 0 Å². The summed E-state index contributed by atoms with van der Waals surface area (Å²) in [5.41, 5.74) is 0.998. The van der Waals surface area contributed by atoms with Gasteiger partial charge in [0.1, 0.15) is 0 Å². The van der Waals surface area contributed by atoms with Crippen molar-refractivity contribution in [2.45, 2.75) is 26.3 Å². The van der Waals surface area contributed by atoms with Gasteiger partial charge in [-0.05, 0) is 19.4 Å². The lowest BCUT2D eigenvalue weighted by molar-refractivity contribution is -0.140. The first kappa shape index (κ1) is 9.77. The van der Waals surface area contributed by atoms with Crippen LogP contribution in [-0.2, 0) is 16.1 Å². The van der Waals surface area contributed by atoms with Gasteiger partial charge in [0, 0.05) is 19.2 Å². The Hall–Kier alpha value is -1.32. The van der Waals surface area contributed by atoms with Crippen LogP contribution in [0.2, 0.25) is 0 Å². The first-order valence-electron chi connectivity index (χ1n) is 4.29. The quantitative estimate of drug-likeness (QED) is 0.656. The van der Waals surface area contributed by atoms with E-state index >= 15 is 0 Å². The molecule has 0 unspecified atom stereocenters. The van der Waals surface area contributed by atoms with E-state index in [1.54, 1.807) is 0 Å². The fourth-order valence-corrected chi connectivity index (χ4v) is 1.08. The Balaban J connectivity index is 2.24. The van der Waals surface area contributed by atoms with Crippen LogP contribution >= 0.6 is 0 Å². The van der Waals surface area contributed by atoms with Crippen LogP contribution in [0.15, 0.2) is 12.3 Å². The normalized spacial score (nSPS) is 10.0. The van der Waals surface area contributed by atoms with Gasteiger partial charge in [-0.25, -0.2) is 0 Å². The molecule has 0 amide bonds. The molecule has 72 valence electrons. The summed E-state index contributed by atoms with van der Waals surface area (Å²) >= 11 is 0. The van der Waals surface area contributed by atoms with E-state index in [2.05, 4.69) is 9.84 Å². The third-order valence-electron chi connectivity index (χ3n) is 1.77. The molecule has 0 N–H and O–H groups in total. The molecule has 0 aromatic carbocycles. The molecule has 0 saturated heterocycles. The highest BCUT2D eigenvalue weighted by atomic mass is 16.5. The molecule has 1 rings (SSSR count). The van der Waals surface area contributed by atoms with Gasteiger partial charge in [-0.2, -0.15) is 5.10 Å². The third-order valence-corrected chi connectivity index (χ3v) is 1.77. The molecule has 0 aliphatic rings. The van der Waals surface area contributed by atoms with Crippen LogP contribution in [0, 0.1) is 6.92 Å². The Morgan fingerprint density at radius 3 is 3.00 bits per heavy atom. The van der Waals surface area contributed by atoms with Gasteiger partial charge in [0.05, 0.1) is 12.8 Å². The van der Waals surface area contributed by atoms with E-state index in [0.29, 0.717) is 6.42 Å². The highest BCUT2D eigenvalue weighted by Crippen LogP contribution is 1.98. The lowest BCUT2D eigenvalue weighted by Crippen LogP contribution is -2.04. The van der Waals surface area contributed by atoms with Crippen molar-refractivity contribution in [1.29, 1.82) is 0 Å². The van der Waals surface area contributed by atoms with Crippen LogP contribution in [0.1, 0.15) is 18.5 Å². The van der Waals surface area contributed by atoms with E-state index < -0.39 is 0 Å². The second-order valence-electron chi connectivity index (χ2n) is 2.90. The van der Waals surface area contributed by atoms with Gasteiger partial charge >= 0.3 is 5.97 Å². The lowest BCUT2D eigenvalue weighted by Gasteiger charge is -2.00. The summed E-state index contributed by atoms with van der Waals surface area (Å²) in [5.74, 6) is -0.163. The lowest BCUT2D eigenvalue weighted by atomic mass is 10.3. The highest BCUT2D eigenvalue weighted by Gasteiger charge is 2.00.